The monoisotopic (exact) mass is 289 g/mol. The lowest BCUT2D eigenvalue weighted by molar-refractivity contribution is -0.149. The Bertz CT molecular complexity index is 538. The summed E-state index contributed by atoms with van der Waals surface area (Å²) in [5.41, 5.74) is 1.49. The molecule has 1 aromatic carbocycles. The first kappa shape index (κ1) is 15.2. The third-order valence-electron chi connectivity index (χ3n) is 3.23. The van der Waals surface area contributed by atoms with Crippen LogP contribution in [0.5, 0.6) is 0 Å². The summed E-state index contributed by atoms with van der Waals surface area (Å²) in [6.45, 7) is 3.80. The number of carbonyl (C=O) groups excluding carboxylic acids is 2. The van der Waals surface area contributed by atoms with Crippen LogP contribution in [0, 0.1) is 0 Å². The van der Waals surface area contributed by atoms with Gasteiger partial charge in [0.25, 0.3) is 0 Å². The Morgan fingerprint density at radius 1 is 1.24 bits per heavy atom. The predicted octanol–water partition coefficient (Wildman–Crippen LogP) is 2.13. The van der Waals surface area contributed by atoms with Gasteiger partial charge >= 0.3 is 11.9 Å². The Balaban J connectivity index is 2.23. The van der Waals surface area contributed by atoms with Crippen LogP contribution in [0.25, 0.3) is 0 Å². The minimum absolute atomic E-state index is 0.294. The Morgan fingerprint density at radius 3 is 2.57 bits per heavy atom. The molecule has 0 fully saturated rings. The summed E-state index contributed by atoms with van der Waals surface area (Å²) in [4.78, 5) is 27.8. The fraction of sp³-hybridized carbons (Fsp3) is 0.438. The highest BCUT2D eigenvalue weighted by atomic mass is 16.5. The van der Waals surface area contributed by atoms with E-state index in [1.54, 1.807) is 13.8 Å². The van der Waals surface area contributed by atoms with Crippen molar-refractivity contribution in [3.8, 4) is 0 Å². The van der Waals surface area contributed by atoms with Crippen molar-refractivity contribution in [2.24, 2.45) is 4.99 Å². The summed E-state index contributed by atoms with van der Waals surface area (Å²) in [6, 6.07) is 8.84. The van der Waals surface area contributed by atoms with Crippen LogP contribution in [-0.2, 0) is 19.1 Å². The average Bonchev–Trinajstić information content (AvgIpc) is 2.92. The van der Waals surface area contributed by atoms with Gasteiger partial charge in [0.2, 0.25) is 0 Å². The van der Waals surface area contributed by atoms with E-state index in [-0.39, 0.29) is 11.9 Å². The van der Waals surface area contributed by atoms with Gasteiger partial charge in [0, 0.05) is 12.8 Å². The summed E-state index contributed by atoms with van der Waals surface area (Å²) in [5.74, 6) is -0.672. The molecule has 2 atom stereocenters. The summed E-state index contributed by atoms with van der Waals surface area (Å²) < 4.78 is 10.4. The van der Waals surface area contributed by atoms with Gasteiger partial charge in [-0.3, -0.25) is 9.79 Å². The first-order valence-electron chi connectivity index (χ1n) is 7.14. The zero-order chi connectivity index (χ0) is 15.2. The molecule has 0 aliphatic carbocycles. The molecule has 0 saturated carbocycles. The van der Waals surface area contributed by atoms with Gasteiger partial charge in [0.05, 0.1) is 12.3 Å². The van der Waals surface area contributed by atoms with E-state index in [0.717, 1.165) is 5.56 Å². The lowest BCUT2D eigenvalue weighted by Crippen LogP contribution is -2.27. The van der Waals surface area contributed by atoms with Crippen molar-refractivity contribution < 1.29 is 19.1 Å². The largest absolute Gasteiger partial charge is 0.464 e. The van der Waals surface area contributed by atoms with E-state index in [1.807, 2.05) is 30.3 Å². The molecule has 1 aromatic rings. The molecule has 1 aliphatic rings. The molecule has 2 rings (SSSR count). The average molecular weight is 289 g/mol. The molecule has 0 unspecified atom stereocenters. The van der Waals surface area contributed by atoms with E-state index < -0.39 is 12.1 Å². The normalized spacial score (nSPS) is 20.8. The maximum absolute atomic E-state index is 11.9. The first-order chi connectivity index (χ1) is 10.2. The van der Waals surface area contributed by atoms with Crippen molar-refractivity contribution >= 4 is 17.7 Å². The number of rotatable bonds is 5. The molecular formula is C16H19NO4. The molecule has 5 nitrogen and oxygen atoms in total. The Labute approximate surface area is 124 Å². The molecular weight excluding hydrogens is 270 g/mol. The second-order valence-electron chi connectivity index (χ2n) is 4.72. The van der Waals surface area contributed by atoms with Gasteiger partial charge in [-0.25, -0.2) is 4.79 Å². The van der Waals surface area contributed by atoms with Gasteiger partial charge in [-0.2, -0.15) is 0 Å². The number of hydrogen-bond acceptors (Lipinski definition) is 5. The molecule has 0 amide bonds. The molecule has 0 aromatic heterocycles. The highest BCUT2D eigenvalue weighted by Crippen LogP contribution is 2.23. The molecule has 0 radical (unpaired) electrons. The highest BCUT2D eigenvalue weighted by Gasteiger charge is 2.36. The first-order valence-corrected chi connectivity index (χ1v) is 7.14. The zero-order valence-corrected chi connectivity index (χ0v) is 12.2. The second kappa shape index (κ2) is 7.02. The van der Waals surface area contributed by atoms with Crippen molar-refractivity contribution in [2.45, 2.75) is 38.8 Å². The van der Waals surface area contributed by atoms with Gasteiger partial charge in [-0.1, -0.05) is 37.3 Å². The van der Waals surface area contributed by atoms with Gasteiger partial charge in [0.15, 0.2) is 6.04 Å². The quantitative estimate of drug-likeness (QED) is 0.779. The van der Waals surface area contributed by atoms with Crippen LogP contribution in [0.1, 0.15) is 32.3 Å². The molecule has 0 spiro atoms. The standard InChI is InChI=1S/C16H19NO4/c1-3-14(18)21-13-10-12(16(19)20-4-2)17-15(13)11-8-6-5-7-9-11/h5-9,12-13H,3-4,10H2,1-2H3/t12-,13-/m1/s1. The smallest absolute Gasteiger partial charge is 0.331 e. The minimum Gasteiger partial charge on any atom is -0.464 e. The summed E-state index contributed by atoms with van der Waals surface area (Å²) in [6.07, 6.45) is 0.145. The fourth-order valence-electron chi connectivity index (χ4n) is 2.22. The maximum atomic E-state index is 11.9. The van der Waals surface area contributed by atoms with E-state index in [9.17, 15) is 9.59 Å². The van der Waals surface area contributed by atoms with Crippen LogP contribution in [0.2, 0.25) is 0 Å². The predicted molar refractivity (Wildman–Crippen MR) is 78.2 cm³/mol. The second-order valence-corrected chi connectivity index (χ2v) is 4.72. The lowest BCUT2D eigenvalue weighted by Gasteiger charge is -2.14. The van der Waals surface area contributed by atoms with Gasteiger partial charge in [0.1, 0.15) is 6.10 Å². The van der Waals surface area contributed by atoms with Crippen LogP contribution in [0.3, 0.4) is 0 Å². The summed E-state index contributed by atoms with van der Waals surface area (Å²) in [5, 5.41) is 0. The third-order valence-corrected chi connectivity index (χ3v) is 3.23. The maximum Gasteiger partial charge on any atom is 0.331 e. The van der Waals surface area contributed by atoms with Crippen molar-refractivity contribution in [2.75, 3.05) is 6.61 Å². The topological polar surface area (TPSA) is 65.0 Å². The third kappa shape index (κ3) is 3.68. The van der Waals surface area contributed by atoms with Crippen LogP contribution in [0.4, 0.5) is 0 Å². The molecule has 0 saturated heterocycles. The van der Waals surface area contributed by atoms with Crippen molar-refractivity contribution in [1.82, 2.24) is 0 Å². The van der Waals surface area contributed by atoms with E-state index >= 15 is 0 Å². The number of nitrogens with zero attached hydrogens (tertiary/aromatic N) is 1. The number of ether oxygens (including phenoxy) is 2. The minimum atomic E-state index is -0.602. The lowest BCUT2D eigenvalue weighted by atomic mass is 10.0. The van der Waals surface area contributed by atoms with Crippen LogP contribution < -0.4 is 0 Å². The fourth-order valence-corrected chi connectivity index (χ4v) is 2.22. The van der Waals surface area contributed by atoms with Gasteiger partial charge in [-0.05, 0) is 12.5 Å². The molecule has 5 heteroatoms. The van der Waals surface area contributed by atoms with E-state index in [4.69, 9.17) is 9.47 Å². The number of benzene rings is 1. The van der Waals surface area contributed by atoms with Gasteiger partial charge < -0.3 is 9.47 Å². The Hall–Kier alpha value is -2.17. The molecule has 112 valence electrons. The van der Waals surface area contributed by atoms with Crippen LogP contribution >= 0.6 is 0 Å². The molecule has 1 heterocycles. The number of carbonyl (C=O) groups is 2. The van der Waals surface area contributed by atoms with Crippen LogP contribution in [0.15, 0.2) is 35.3 Å². The summed E-state index contributed by atoms with van der Waals surface area (Å²) >= 11 is 0. The van der Waals surface area contributed by atoms with Gasteiger partial charge in [-0.15, -0.1) is 0 Å². The van der Waals surface area contributed by atoms with Crippen molar-refractivity contribution in [3.05, 3.63) is 35.9 Å². The molecule has 0 N–H and O–H groups in total. The summed E-state index contributed by atoms with van der Waals surface area (Å²) in [7, 11) is 0. The van der Waals surface area contributed by atoms with Crippen molar-refractivity contribution in [1.29, 1.82) is 0 Å². The Kier molecular flexibility index (Phi) is 5.09. The van der Waals surface area contributed by atoms with Crippen LogP contribution in [-0.4, -0.2) is 36.4 Å². The van der Waals surface area contributed by atoms with Crippen molar-refractivity contribution in [3.63, 3.8) is 0 Å². The highest BCUT2D eigenvalue weighted by molar-refractivity contribution is 6.07. The Morgan fingerprint density at radius 2 is 1.95 bits per heavy atom. The molecule has 0 bridgehead atoms. The number of aliphatic imine (C=N–C) groups is 1. The van der Waals surface area contributed by atoms with E-state index in [2.05, 4.69) is 4.99 Å². The molecule has 21 heavy (non-hydrogen) atoms. The number of hydrogen-bond donors (Lipinski definition) is 0. The zero-order valence-electron chi connectivity index (χ0n) is 12.2. The SMILES string of the molecule is CCOC(=O)[C@H]1C[C@@H](OC(=O)CC)C(c2ccccc2)=N1. The van der Waals surface area contributed by atoms with E-state index in [1.165, 1.54) is 0 Å². The van der Waals surface area contributed by atoms with E-state index in [0.29, 0.717) is 25.2 Å². The molecule has 1 aliphatic heterocycles. The number of esters is 2.